The molecule has 0 amide bonds. The molecule has 2 aromatic rings. The van der Waals surface area contributed by atoms with Crippen LogP contribution in [0.2, 0.25) is 0 Å². The predicted molar refractivity (Wildman–Crippen MR) is 65.1 cm³/mol. The third-order valence-electron chi connectivity index (χ3n) is 2.24. The molecule has 0 atom stereocenters. The van der Waals surface area contributed by atoms with Crippen molar-refractivity contribution < 1.29 is 9.52 Å². The smallest absolute Gasteiger partial charge is 0.169 e. The number of aromatic hydroxyl groups is 1. The Labute approximate surface area is 102 Å². The fourth-order valence-corrected chi connectivity index (χ4v) is 1.77. The summed E-state index contributed by atoms with van der Waals surface area (Å²) in [7, 11) is 0. The molecule has 0 spiro atoms. The van der Waals surface area contributed by atoms with Crippen LogP contribution in [0.25, 0.3) is 0 Å². The van der Waals surface area contributed by atoms with Gasteiger partial charge in [0.05, 0.1) is 6.54 Å². The molecule has 3 nitrogen and oxygen atoms in total. The lowest BCUT2D eigenvalue weighted by molar-refractivity contribution is 0.450. The Morgan fingerprint density at radius 3 is 2.62 bits per heavy atom. The van der Waals surface area contributed by atoms with Crippen molar-refractivity contribution in [3.63, 3.8) is 0 Å². The molecule has 2 N–H and O–H groups in total. The fraction of sp³-hybridized carbons (Fsp3) is 0.167. The number of halogens is 1. The molecular weight excluding hydrogens is 270 g/mol. The van der Waals surface area contributed by atoms with Crippen molar-refractivity contribution in [2.24, 2.45) is 0 Å². The van der Waals surface area contributed by atoms with Crippen LogP contribution in [0.4, 0.5) is 0 Å². The summed E-state index contributed by atoms with van der Waals surface area (Å²) in [6.07, 6.45) is 0. The minimum Gasteiger partial charge on any atom is -0.508 e. The van der Waals surface area contributed by atoms with Gasteiger partial charge in [-0.25, -0.2) is 0 Å². The largest absolute Gasteiger partial charge is 0.508 e. The molecule has 0 bridgehead atoms. The van der Waals surface area contributed by atoms with Crippen LogP contribution in [0.15, 0.2) is 45.5 Å². The summed E-state index contributed by atoms with van der Waals surface area (Å²) in [4.78, 5) is 0. The second-order valence-electron chi connectivity index (χ2n) is 3.44. The number of phenolic OH excluding ortho intramolecular Hbond substituents is 1. The Hall–Kier alpha value is -1.26. The van der Waals surface area contributed by atoms with Gasteiger partial charge >= 0.3 is 0 Å². The van der Waals surface area contributed by atoms with Crippen molar-refractivity contribution in [1.82, 2.24) is 5.32 Å². The highest BCUT2D eigenvalue weighted by atomic mass is 79.9. The van der Waals surface area contributed by atoms with Gasteiger partial charge in [-0.2, -0.15) is 0 Å². The van der Waals surface area contributed by atoms with E-state index in [0.29, 0.717) is 18.8 Å². The van der Waals surface area contributed by atoms with Crippen LogP contribution < -0.4 is 5.32 Å². The van der Waals surface area contributed by atoms with Crippen molar-refractivity contribution in [1.29, 1.82) is 0 Å². The first kappa shape index (κ1) is 11.2. The second-order valence-corrected chi connectivity index (χ2v) is 4.22. The Balaban J connectivity index is 1.87. The number of nitrogens with one attached hydrogen (secondary N) is 1. The maximum absolute atomic E-state index is 9.54. The molecule has 0 aliphatic carbocycles. The Bertz CT molecular complexity index is 468. The van der Waals surface area contributed by atoms with Gasteiger partial charge in [0.15, 0.2) is 4.67 Å². The topological polar surface area (TPSA) is 45.4 Å². The molecule has 0 aliphatic rings. The maximum atomic E-state index is 9.54. The minimum absolute atomic E-state index is 0.315. The van der Waals surface area contributed by atoms with Crippen LogP contribution in [0.5, 0.6) is 5.75 Å². The molecule has 0 radical (unpaired) electrons. The van der Waals surface area contributed by atoms with Gasteiger partial charge in [-0.05, 0) is 34.1 Å². The number of para-hydroxylation sites is 1. The number of phenols is 1. The Morgan fingerprint density at radius 2 is 1.94 bits per heavy atom. The lowest BCUT2D eigenvalue weighted by Gasteiger charge is -2.04. The van der Waals surface area contributed by atoms with Crippen molar-refractivity contribution in [3.8, 4) is 5.75 Å². The summed E-state index contributed by atoms with van der Waals surface area (Å²) in [6, 6.07) is 11.0. The van der Waals surface area contributed by atoms with Gasteiger partial charge in [-0.1, -0.05) is 18.2 Å². The van der Waals surface area contributed by atoms with Crippen LogP contribution in [0, 0.1) is 0 Å². The summed E-state index contributed by atoms with van der Waals surface area (Å²) >= 11 is 3.25. The molecule has 2 rings (SSSR count). The quantitative estimate of drug-likeness (QED) is 0.906. The lowest BCUT2D eigenvalue weighted by atomic mass is 10.2. The molecule has 16 heavy (non-hydrogen) atoms. The molecule has 1 aromatic carbocycles. The van der Waals surface area contributed by atoms with Gasteiger partial charge in [0.25, 0.3) is 0 Å². The highest BCUT2D eigenvalue weighted by molar-refractivity contribution is 9.10. The third kappa shape index (κ3) is 2.87. The summed E-state index contributed by atoms with van der Waals surface area (Å²) in [6.45, 7) is 1.25. The Kier molecular flexibility index (Phi) is 3.64. The highest BCUT2D eigenvalue weighted by Crippen LogP contribution is 2.16. The first-order chi connectivity index (χ1) is 7.75. The summed E-state index contributed by atoms with van der Waals surface area (Å²) < 4.78 is 6.07. The molecule has 0 saturated carbocycles. The zero-order chi connectivity index (χ0) is 11.4. The summed E-state index contributed by atoms with van der Waals surface area (Å²) in [5, 5.41) is 12.7. The monoisotopic (exact) mass is 281 g/mol. The van der Waals surface area contributed by atoms with Crippen molar-refractivity contribution >= 4 is 15.9 Å². The second kappa shape index (κ2) is 5.18. The zero-order valence-electron chi connectivity index (χ0n) is 8.61. The average molecular weight is 282 g/mol. The van der Waals surface area contributed by atoms with Crippen molar-refractivity contribution in [3.05, 3.63) is 52.4 Å². The number of hydrogen-bond donors (Lipinski definition) is 2. The number of furan rings is 1. The van der Waals surface area contributed by atoms with E-state index in [1.165, 1.54) is 0 Å². The van der Waals surface area contributed by atoms with Gasteiger partial charge in [0.2, 0.25) is 0 Å². The highest BCUT2D eigenvalue weighted by Gasteiger charge is 2.01. The molecule has 4 heteroatoms. The molecule has 84 valence electrons. The van der Waals surface area contributed by atoms with E-state index < -0.39 is 0 Å². The summed E-state index contributed by atoms with van der Waals surface area (Å²) in [5.41, 5.74) is 0.883. The van der Waals surface area contributed by atoms with E-state index in [4.69, 9.17) is 4.42 Å². The van der Waals surface area contributed by atoms with Gasteiger partial charge in [0, 0.05) is 12.1 Å². The van der Waals surface area contributed by atoms with Gasteiger partial charge in [-0.15, -0.1) is 0 Å². The predicted octanol–water partition coefficient (Wildman–Crippen LogP) is 3.04. The van der Waals surface area contributed by atoms with Gasteiger partial charge < -0.3 is 14.8 Å². The lowest BCUT2D eigenvalue weighted by Crippen LogP contribution is -2.12. The van der Waals surface area contributed by atoms with Crippen LogP contribution >= 0.6 is 15.9 Å². The number of benzene rings is 1. The Morgan fingerprint density at radius 1 is 1.12 bits per heavy atom. The first-order valence-corrected chi connectivity index (χ1v) is 5.77. The zero-order valence-corrected chi connectivity index (χ0v) is 10.2. The standard InChI is InChI=1S/C12H12BrNO2/c13-12-6-5-10(16-12)8-14-7-9-3-1-2-4-11(9)15/h1-6,14-15H,7-8H2. The van der Waals surface area contributed by atoms with Crippen LogP contribution in [0.3, 0.4) is 0 Å². The third-order valence-corrected chi connectivity index (χ3v) is 2.66. The van der Waals surface area contributed by atoms with E-state index in [9.17, 15) is 5.11 Å². The molecule has 0 unspecified atom stereocenters. The van der Waals surface area contributed by atoms with E-state index in [1.54, 1.807) is 6.07 Å². The normalized spacial score (nSPS) is 10.6. The van der Waals surface area contributed by atoms with Crippen molar-refractivity contribution in [2.75, 3.05) is 0 Å². The molecule has 0 aliphatic heterocycles. The van der Waals surface area contributed by atoms with Crippen LogP contribution in [-0.2, 0) is 13.1 Å². The molecule has 0 saturated heterocycles. The fourth-order valence-electron chi connectivity index (χ4n) is 1.43. The van der Waals surface area contributed by atoms with E-state index in [1.807, 2.05) is 30.3 Å². The van der Waals surface area contributed by atoms with Gasteiger partial charge in [-0.3, -0.25) is 0 Å². The molecular formula is C12H12BrNO2. The SMILES string of the molecule is Oc1ccccc1CNCc1ccc(Br)o1. The van der Waals surface area contributed by atoms with Crippen LogP contribution in [0.1, 0.15) is 11.3 Å². The number of rotatable bonds is 4. The van der Waals surface area contributed by atoms with E-state index in [-0.39, 0.29) is 0 Å². The van der Waals surface area contributed by atoms with E-state index in [2.05, 4.69) is 21.2 Å². The van der Waals surface area contributed by atoms with E-state index >= 15 is 0 Å². The molecule has 1 aromatic heterocycles. The minimum atomic E-state index is 0.315. The molecule has 1 heterocycles. The maximum Gasteiger partial charge on any atom is 0.169 e. The van der Waals surface area contributed by atoms with Crippen LogP contribution in [-0.4, -0.2) is 5.11 Å². The van der Waals surface area contributed by atoms with E-state index in [0.717, 1.165) is 16.0 Å². The van der Waals surface area contributed by atoms with Gasteiger partial charge in [0.1, 0.15) is 11.5 Å². The summed E-state index contributed by atoms with van der Waals surface area (Å²) in [5.74, 6) is 1.18. The average Bonchev–Trinajstić information content (AvgIpc) is 2.67. The van der Waals surface area contributed by atoms with Crippen molar-refractivity contribution in [2.45, 2.75) is 13.1 Å². The molecule has 0 fully saturated rings. The first-order valence-electron chi connectivity index (χ1n) is 4.97. The number of hydrogen-bond acceptors (Lipinski definition) is 3.